The van der Waals surface area contributed by atoms with Crippen molar-refractivity contribution in [3.05, 3.63) is 0 Å². The molecule has 0 atom stereocenters. The van der Waals surface area contributed by atoms with Crippen molar-refractivity contribution in [1.82, 2.24) is 13.9 Å². The fourth-order valence-corrected chi connectivity index (χ4v) is 4.61. The van der Waals surface area contributed by atoms with Gasteiger partial charge in [-0.15, -0.1) is 0 Å². The molecule has 1 aliphatic carbocycles. The van der Waals surface area contributed by atoms with Gasteiger partial charge in [0.25, 0.3) is 10.2 Å². The van der Waals surface area contributed by atoms with E-state index in [0.29, 0.717) is 44.1 Å². The summed E-state index contributed by atoms with van der Waals surface area (Å²) in [7, 11) is -3.24. The maximum absolute atomic E-state index is 12.7. The molecule has 1 N–H and O–H groups in total. The Kier molecular flexibility index (Phi) is 6.05. The highest BCUT2D eigenvalue weighted by molar-refractivity contribution is 7.86. The van der Waals surface area contributed by atoms with Crippen molar-refractivity contribution in [2.75, 3.05) is 32.7 Å². The van der Waals surface area contributed by atoms with Crippen LogP contribution in [0.4, 0.5) is 0 Å². The average molecular weight is 317 g/mol. The maximum Gasteiger partial charge on any atom is 0.281 e. The van der Waals surface area contributed by atoms with Crippen molar-refractivity contribution >= 4 is 10.2 Å². The number of piperidine rings is 1. The van der Waals surface area contributed by atoms with E-state index in [-0.39, 0.29) is 0 Å². The zero-order valence-electron chi connectivity index (χ0n) is 13.7. The van der Waals surface area contributed by atoms with Gasteiger partial charge in [0.1, 0.15) is 0 Å². The molecule has 2 fully saturated rings. The minimum absolute atomic E-state index is 0.501. The standard InChI is InChI=1S/C15H31N3O2S/c1-4-17(12-15-5-6-15)21(19,20)18-9-7-14(8-10-18)11-16-13(2)3/h13-16H,4-12H2,1-3H3. The maximum atomic E-state index is 12.7. The molecule has 0 spiro atoms. The van der Waals surface area contributed by atoms with Crippen molar-refractivity contribution in [3.8, 4) is 0 Å². The second-order valence-electron chi connectivity index (χ2n) is 6.81. The Balaban J connectivity index is 1.84. The van der Waals surface area contributed by atoms with Crippen LogP contribution in [-0.2, 0) is 10.2 Å². The number of rotatable bonds is 8. The van der Waals surface area contributed by atoms with Crippen LogP contribution >= 0.6 is 0 Å². The Hall–Kier alpha value is -0.170. The zero-order chi connectivity index (χ0) is 15.5. The summed E-state index contributed by atoms with van der Waals surface area (Å²) in [6, 6.07) is 0.501. The van der Waals surface area contributed by atoms with Gasteiger partial charge in [0.05, 0.1) is 0 Å². The third-order valence-electron chi connectivity index (χ3n) is 4.55. The first kappa shape index (κ1) is 17.2. The molecule has 0 aromatic carbocycles. The molecule has 1 aliphatic heterocycles. The summed E-state index contributed by atoms with van der Waals surface area (Å²) in [6.07, 6.45) is 4.32. The number of nitrogens with one attached hydrogen (secondary N) is 1. The highest BCUT2D eigenvalue weighted by Crippen LogP contribution is 2.31. The van der Waals surface area contributed by atoms with Gasteiger partial charge in [0.15, 0.2) is 0 Å². The van der Waals surface area contributed by atoms with Crippen LogP contribution in [0.25, 0.3) is 0 Å². The van der Waals surface area contributed by atoms with E-state index >= 15 is 0 Å². The summed E-state index contributed by atoms with van der Waals surface area (Å²) >= 11 is 0. The lowest BCUT2D eigenvalue weighted by Crippen LogP contribution is -2.48. The van der Waals surface area contributed by atoms with Gasteiger partial charge in [-0.1, -0.05) is 20.8 Å². The summed E-state index contributed by atoms with van der Waals surface area (Å²) in [5.74, 6) is 1.21. The number of nitrogens with zero attached hydrogens (tertiary/aromatic N) is 2. The lowest BCUT2D eigenvalue weighted by atomic mass is 9.98. The van der Waals surface area contributed by atoms with Crippen LogP contribution in [0.2, 0.25) is 0 Å². The van der Waals surface area contributed by atoms with Crippen LogP contribution < -0.4 is 5.32 Å². The van der Waals surface area contributed by atoms with Gasteiger partial charge < -0.3 is 5.32 Å². The first-order chi connectivity index (χ1) is 9.93. The third-order valence-corrected chi connectivity index (χ3v) is 6.63. The highest BCUT2D eigenvalue weighted by Gasteiger charge is 2.35. The molecule has 1 heterocycles. The van der Waals surface area contributed by atoms with E-state index < -0.39 is 10.2 Å². The van der Waals surface area contributed by atoms with Crippen molar-refractivity contribution < 1.29 is 8.42 Å². The molecule has 1 saturated heterocycles. The molecular weight excluding hydrogens is 286 g/mol. The molecule has 21 heavy (non-hydrogen) atoms. The van der Waals surface area contributed by atoms with E-state index in [1.165, 1.54) is 12.8 Å². The SMILES string of the molecule is CCN(CC1CC1)S(=O)(=O)N1CCC(CNC(C)C)CC1. The van der Waals surface area contributed by atoms with E-state index in [9.17, 15) is 8.42 Å². The van der Waals surface area contributed by atoms with Gasteiger partial charge in [0, 0.05) is 32.2 Å². The van der Waals surface area contributed by atoms with E-state index in [0.717, 1.165) is 19.4 Å². The molecule has 2 rings (SSSR count). The molecule has 0 unspecified atom stereocenters. The summed E-state index contributed by atoms with van der Waals surface area (Å²) in [5, 5.41) is 3.46. The largest absolute Gasteiger partial charge is 0.314 e. The normalized spacial score (nSPS) is 22.3. The van der Waals surface area contributed by atoms with Gasteiger partial charge in [-0.3, -0.25) is 0 Å². The smallest absolute Gasteiger partial charge is 0.281 e. The molecule has 6 heteroatoms. The second kappa shape index (κ2) is 7.40. The van der Waals surface area contributed by atoms with Crippen LogP contribution in [0.15, 0.2) is 0 Å². The lowest BCUT2D eigenvalue weighted by Gasteiger charge is -2.35. The predicted octanol–water partition coefficient (Wildman–Crippen LogP) is 1.67. The minimum Gasteiger partial charge on any atom is -0.314 e. The zero-order valence-corrected chi connectivity index (χ0v) is 14.5. The summed E-state index contributed by atoms with van der Waals surface area (Å²) in [5.41, 5.74) is 0. The fourth-order valence-electron chi connectivity index (χ4n) is 2.88. The molecule has 0 aromatic rings. The predicted molar refractivity (Wildman–Crippen MR) is 86.3 cm³/mol. The lowest BCUT2D eigenvalue weighted by molar-refractivity contribution is 0.246. The molecule has 2 aliphatic rings. The van der Waals surface area contributed by atoms with E-state index in [4.69, 9.17) is 0 Å². The Labute approximate surface area is 130 Å². The molecule has 5 nitrogen and oxygen atoms in total. The number of hydrogen-bond acceptors (Lipinski definition) is 3. The van der Waals surface area contributed by atoms with Crippen molar-refractivity contribution in [3.63, 3.8) is 0 Å². The highest BCUT2D eigenvalue weighted by atomic mass is 32.2. The summed E-state index contributed by atoms with van der Waals surface area (Å²) < 4.78 is 28.8. The molecular formula is C15H31N3O2S. The third kappa shape index (κ3) is 4.91. The Morgan fingerprint density at radius 2 is 1.76 bits per heavy atom. The first-order valence-corrected chi connectivity index (χ1v) is 9.81. The molecule has 0 bridgehead atoms. The van der Waals surface area contributed by atoms with Crippen LogP contribution in [-0.4, -0.2) is 55.8 Å². The quantitative estimate of drug-likeness (QED) is 0.741. The topological polar surface area (TPSA) is 52.7 Å². The van der Waals surface area contributed by atoms with Gasteiger partial charge >= 0.3 is 0 Å². The molecule has 0 radical (unpaired) electrons. The summed E-state index contributed by atoms with van der Waals surface area (Å²) in [4.78, 5) is 0. The van der Waals surface area contributed by atoms with E-state index in [1.54, 1.807) is 8.61 Å². The molecule has 0 aromatic heterocycles. The minimum atomic E-state index is -3.24. The van der Waals surface area contributed by atoms with E-state index in [1.807, 2.05) is 6.92 Å². The Morgan fingerprint density at radius 1 is 1.14 bits per heavy atom. The van der Waals surface area contributed by atoms with Gasteiger partial charge in [-0.05, 0) is 44.1 Å². The Morgan fingerprint density at radius 3 is 2.24 bits per heavy atom. The Bertz CT molecular complexity index is 413. The second-order valence-corrected chi connectivity index (χ2v) is 8.74. The average Bonchev–Trinajstić information content (AvgIpc) is 3.26. The van der Waals surface area contributed by atoms with Crippen LogP contribution in [0, 0.1) is 11.8 Å². The van der Waals surface area contributed by atoms with E-state index in [2.05, 4.69) is 19.2 Å². The van der Waals surface area contributed by atoms with Gasteiger partial charge in [-0.25, -0.2) is 0 Å². The van der Waals surface area contributed by atoms with Crippen molar-refractivity contribution in [2.45, 2.75) is 52.5 Å². The fraction of sp³-hybridized carbons (Fsp3) is 1.00. The molecule has 0 amide bonds. The molecule has 1 saturated carbocycles. The monoisotopic (exact) mass is 317 g/mol. The first-order valence-electron chi connectivity index (χ1n) is 8.42. The van der Waals surface area contributed by atoms with Crippen LogP contribution in [0.1, 0.15) is 46.5 Å². The van der Waals surface area contributed by atoms with Crippen molar-refractivity contribution in [1.29, 1.82) is 0 Å². The van der Waals surface area contributed by atoms with Gasteiger partial charge in [0.2, 0.25) is 0 Å². The van der Waals surface area contributed by atoms with Crippen LogP contribution in [0.5, 0.6) is 0 Å². The van der Waals surface area contributed by atoms with Gasteiger partial charge in [-0.2, -0.15) is 17.0 Å². The van der Waals surface area contributed by atoms with Crippen molar-refractivity contribution in [2.24, 2.45) is 11.8 Å². The number of hydrogen-bond donors (Lipinski definition) is 1. The summed E-state index contributed by atoms with van der Waals surface area (Å²) in [6.45, 7) is 9.90. The van der Waals surface area contributed by atoms with Crippen LogP contribution in [0.3, 0.4) is 0 Å². The molecule has 124 valence electrons.